The molecule has 3 rings (SSSR count). The van der Waals surface area contributed by atoms with E-state index in [-0.39, 0.29) is 6.04 Å². The highest BCUT2D eigenvalue weighted by atomic mass is 32.2. The van der Waals surface area contributed by atoms with E-state index in [0.717, 1.165) is 36.9 Å². The van der Waals surface area contributed by atoms with Crippen molar-refractivity contribution >= 4 is 26.7 Å². The van der Waals surface area contributed by atoms with Crippen LogP contribution >= 0.6 is 11.5 Å². The minimum atomic E-state index is -3.10. The van der Waals surface area contributed by atoms with E-state index >= 15 is 0 Å². The summed E-state index contributed by atoms with van der Waals surface area (Å²) in [7, 11) is -3.10. The van der Waals surface area contributed by atoms with Gasteiger partial charge in [-0.1, -0.05) is 0 Å². The number of piperidine rings is 1. The van der Waals surface area contributed by atoms with E-state index in [1.807, 2.05) is 0 Å². The van der Waals surface area contributed by atoms with E-state index in [4.69, 9.17) is 0 Å². The predicted molar refractivity (Wildman–Crippen MR) is 75.1 cm³/mol. The molecule has 0 bridgehead atoms. The number of aromatic nitrogens is 2. The van der Waals surface area contributed by atoms with Gasteiger partial charge in [-0.2, -0.15) is 4.37 Å². The Kier molecular flexibility index (Phi) is 3.48. The molecule has 0 unspecified atom stereocenters. The summed E-state index contributed by atoms with van der Waals surface area (Å²) in [6, 6.07) is 0.0575. The van der Waals surface area contributed by atoms with Crippen LogP contribution in [0.5, 0.6) is 0 Å². The molecule has 0 radical (unpaired) electrons. The highest BCUT2D eigenvalue weighted by molar-refractivity contribution is 7.88. The van der Waals surface area contributed by atoms with Crippen LogP contribution in [0, 0.1) is 0 Å². The molecule has 1 aliphatic carbocycles. The van der Waals surface area contributed by atoms with Gasteiger partial charge in [0, 0.05) is 36.6 Å². The van der Waals surface area contributed by atoms with E-state index in [1.165, 1.54) is 30.6 Å². The van der Waals surface area contributed by atoms with Gasteiger partial charge in [0.15, 0.2) is 0 Å². The Morgan fingerprint density at radius 3 is 2.53 bits per heavy atom. The molecule has 0 atom stereocenters. The second-order valence-electron chi connectivity index (χ2n) is 5.36. The molecule has 2 fully saturated rings. The van der Waals surface area contributed by atoms with Gasteiger partial charge in [0.2, 0.25) is 15.2 Å². The lowest BCUT2D eigenvalue weighted by Gasteiger charge is -2.31. The van der Waals surface area contributed by atoms with Crippen molar-refractivity contribution in [3.8, 4) is 0 Å². The molecule has 1 aliphatic heterocycles. The Balaban J connectivity index is 1.57. The van der Waals surface area contributed by atoms with Crippen molar-refractivity contribution in [1.29, 1.82) is 0 Å². The number of anilines is 1. The van der Waals surface area contributed by atoms with Crippen LogP contribution in [0.25, 0.3) is 0 Å². The van der Waals surface area contributed by atoms with E-state index in [1.54, 1.807) is 0 Å². The predicted octanol–water partition coefficient (Wildman–Crippen LogP) is 0.933. The third kappa shape index (κ3) is 3.43. The first kappa shape index (κ1) is 13.3. The molecular weight excluding hydrogens is 284 g/mol. The topological polar surface area (TPSA) is 75.2 Å². The quantitative estimate of drug-likeness (QED) is 0.895. The fourth-order valence-electron chi connectivity index (χ4n) is 2.35. The summed E-state index contributed by atoms with van der Waals surface area (Å²) in [5.74, 6) is 1.59. The number of rotatable bonds is 4. The van der Waals surface area contributed by atoms with Crippen molar-refractivity contribution in [2.24, 2.45) is 0 Å². The Labute approximate surface area is 117 Å². The number of sulfonamides is 1. The summed E-state index contributed by atoms with van der Waals surface area (Å²) in [5, 5.41) is 0.986. The van der Waals surface area contributed by atoms with E-state index in [9.17, 15) is 8.42 Å². The molecule has 1 saturated heterocycles. The average molecular weight is 302 g/mol. The number of nitrogens with zero attached hydrogens (tertiary/aromatic N) is 3. The van der Waals surface area contributed by atoms with Crippen molar-refractivity contribution in [2.75, 3.05) is 24.2 Å². The maximum Gasteiger partial charge on any atom is 0.208 e. The van der Waals surface area contributed by atoms with Gasteiger partial charge in [-0.3, -0.25) is 0 Å². The first-order valence-electron chi connectivity index (χ1n) is 6.57. The smallest absolute Gasteiger partial charge is 0.208 e. The Bertz CT molecular complexity index is 545. The molecule has 8 heteroatoms. The van der Waals surface area contributed by atoms with Crippen molar-refractivity contribution in [3.63, 3.8) is 0 Å². The van der Waals surface area contributed by atoms with Crippen molar-refractivity contribution in [1.82, 2.24) is 14.1 Å². The molecule has 2 aliphatic rings. The lowest BCUT2D eigenvalue weighted by Crippen LogP contribution is -2.44. The van der Waals surface area contributed by atoms with Crippen LogP contribution in [0.2, 0.25) is 0 Å². The van der Waals surface area contributed by atoms with Crippen LogP contribution < -0.4 is 9.62 Å². The zero-order valence-corrected chi connectivity index (χ0v) is 12.5. The lowest BCUT2D eigenvalue weighted by atomic mass is 10.1. The number of hydrogen-bond donors (Lipinski definition) is 1. The van der Waals surface area contributed by atoms with Crippen LogP contribution in [0.4, 0.5) is 5.13 Å². The normalized spacial score (nSPS) is 21.8. The highest BCUT2D eigenvalue weighted by Gasteiger charge is 2.29. The van der Waals surface area contributed by atoms with Gasteiger partial charge in [0.05, 0.1) is 6.26 Å². The lowest BCUT2D eigenvalue weighted by molar-refractivity contribution is 0.461. The van der Waals surface area contributed by atoms with Gasteiger partial charge < -0.3 is 4.90 Å². The van der Waals surface area contributed by atoms with Crippen LogP contribution in [0.15, 0.2) is 0 Å². The molecule has 2 heterocycles. The van der Waals surface area contributed by atoms with Gasteiger partial charge in [-0.25, -0.2) is 18.1 Å². The maximum absolute atomic E-state index is 11.2. The van der Waals surface area contributed by atoms with Crippen LogP contribution in [0.1, 0.15) is 37.4 Å². The Morgan fingerprint density at radius 2 is 1.95 bits per heavy atom. The number of nitrogens with one attached hydrogen (secondary N) is 1. The fraction of sp³-hybridized carbons (Fsp3) is 0.818. The third-order valence-corrected chi connectivity index (χ3v) is 5.07. The minimum Gasteiger partial charge on any atom is -0.347 e. The largest absolute Gasteiger partial charge is 0.347 e. The second kappa shape index (κ2) is 4.99. The summed E-state index contributed by atoms with van der Waals surface area (Å²) in [6.45, 7) is 1.68. The zero-order chi connectivity index (χ0) is 13.5. The van der Waals surface area contributed by atoms with Gasteiger partial charge in [-0.05, 0) is 25.7 Å². The third-order valence-electron chi connectivity index (χ3n) is 3.52. The summed E-state index contributed by atoms with van der Waals surface area (Å²) >= 11 is 1.46. The van der Waals surface area contributed by atoms with Crippen molar-refractivity contribution in [2.45, 2.75) is 37.6 Å². The van der Waals surface area contributed by atoms with Gasteiger partial charge in [0.25, 0.3) is 0 Å². The van der Waals surface area contributed by atoms with Gasteiger partial charge >= 0.3 is 0 Å². The van der Waals surface area contributed by atoms with Crippen LogP contribution in [-0.2, 0) is 10.0 Å². The van der Waals surface area contributed by atoms with E-state index < -0.39 is 10.0 Å². The molecule has 106 valence electrons. The molecule has 0 amide bonds. The summed E-state index contributed by atoms with van der Waals surface area (Å²) in [6.07, 6.45) is 5.30. The van der Waals surface area contributed by atoms with Crippen molar-refractivity contribution < 1.29 is 8.42 Å². The fourth-order valence-corrected chi connectivity index (χ4v) is 3.99. The molecule has 1 aromatic rings. The molecule has 1 aromatic heterocycles. The van der Waals surface area contributed by atoms with E-state index in [2.05, 4.69) is 19.0 Å². The van der Waals surface area contributed by atoms with E-state index in [0.29, 0.717) is 5.92 Å². The van der Waals surface area contributed by atoms with Gasteiger partial charge in [0.1, 0.15) is 5.82 Å². The van der Waals surface area contributed by atoms with Crippen LogP contribution in [0.3, 0.4) is 0 Å². The first-order valence-corrected chi connectivity index (χ1v) is 9.23. The molecule has 0 spiro atoms. The van der Waals surface area contributed by atoms with Crippen LogP contribution in [-0.4, -0.2) is 43.2 Å². The summed E-state index contributed by atoms with van der Waals surface area (Å²) < 4.78 is 29.5. The molecule has 1 saturated carbocycles. The average Bonchev–Trinajstić information content (AvgIpc) is 3.07. The monoisotopic (exact) mass is 302 g/mol. The molecule has 19 heavy (non-hydrogen) atoms. The summed E-state index contributed by atoms with van der Waals surface area (Å²) in [5.41, 5.74) is 0. The maximum atomic E-state index is 11.2. The zero-order valence-electron chi connectivity index (χ0n) is 10.9. The molecule has 0 aromatic carbocycles. The molecule has 6 nitrogen and oxygen atoms in total. The summed E-state index contributed by atoms with van der Waals surface area (Å²) in [4.78, 5) is 6.80. The SMILES string of the molecule is CS(=O)(=O)NC1CCN(c2nc(C3CC3)ns2)CC1. The standard InChI is InChI=1S/C11H18N4O2S2/c1-19(16,17)14-9-4-6-15(7-5-9)11-12-10(13-18-11)8-2-3-8/h8-9,14H,2-7H2,1H3. The molecular formula is C11H18N4O2S2. The first-order chi connectivity index (χ1) is 9.01. The van der Waals surface area contributed by atoms with Crippen molar-refractivity contribution in [3.05, 3.63) is 5.82 Å². The highest BCUT2D eigenvalue weighted by Crippen LogP contribution is 2.39. The molecule has 1 N–H and O–H groups in total. The minimum absolute atomic E-state index is 0.0575. The number of hydrogen-bond acceptors (Lipinski definition) is 6. The second-order valence-corrected chi connectivity index (χ2v) is 7.87. The Hall–Kier alpha value is -0.730. The van der Waals surface area contributed by atoms with Gasteiger partial charge in [-0.15, -0.1) is 0 Å². The Morgan fingerprint density at radius 1 is 1.26 bits per heavy atom.